The second-order valence-electron chi connectivity index (χ2n) is 8.84. The second kappa shape index (κ2) is 10.7. The number of likely N-dealkylation sites (N-methyl/N-ethyl adjacent to an activating group) is 1. The SMILES string of the molecule is COCC(C)(NC(=O)[C@H](CN(C)C)NC(=O)OCC1c2ccccc2-c2ccccc21)C(=O)O. The fraction of sp³-hybridized carbons (Fsp3) is 0.400. The highest BCUT2D eigenvalue weighted by Crippen LogP contribution is 2.44. The van der Waals surface area contributed by atoms with Crippen molar-refractivity contribution >= 4 is 18.0 Å². The zero-order valence-electron chi connectivity index (χ0n) is 19.8. The van der Waals surface area contributed by atoms with E-state index in [1.165, 1.54) is 14.0 Å². The van der Waals surface area contributed by atoms with Gasteiger partial charge >= 0.3 is 12.1 Å². The molecule has 0 heterocycles. The Bertz CT molecular complexity index is 1010. The van der Waals surface area contributed by atoms with Gasteiger partial charge in [0.1, 0.15) is 12.6 Å². The average molecular weight is 470 g/mol. The van der Waals surface area contributed by atoms with Gasteiger partial charge in [-0.05, 0) is 43.3 Å². The minimum atomic E-state index is -1.64. The molecule has 2 amide bonds. The number of nitrogens with zero attached hydrogens (tertiary/aromatic N) is 1. The van der Waals surface area contributed by atoms with Crippen LogP contribution in [-0.4, -0.2) is 80.5 Å². The largest absolute Gasteiger partial charge is 0.479 e. The number of benzene rings is 2. The number of amides is 2. The lowest BCUT2D eigenvalue weighted by molar-refractivity contribution is -0.149. The standard InChI is InChI=1S/C25H31N3O6/c1-25(15-33-4,23(30)31)27-22(29)21(13-28(2)3)26-24(32)34-14-20-18-11-7-5-9-16(18)17-10-6-8-12-19(17)20/h5-12,20-21H,13-15H2,1-4H3,(H,26,32)(H,27,29)(H,30,31)/t21-,25?/m0/s1. The summed E-state index contributed by atoms with van der Waals surface area (Å²) in [4.78, 5) is 38.9. The van der Waals surface area contributed by atoms with Crippen LogP contribution in [0, 0.1) is 0 Å². The Morgan fingerprint density at radius 2 is 1.62 bits per heavy atom. The summed E-state index contributed by atoms with van der Waals surface area (Å²) in [7, 11) is 4.83. The van der Waals surface area contributed by atoms with Gasteiger partial charge in [-0.2, -0.15) is 0 Å². The smallest absolute Gasteiger partial charge is 0.407 e. The Labute approximate surface area is 199 Å². The molecule has 34 heavy (non-hydrogen) atoms. The second-order valence-corrected chi connectivity index (χ2v) is 8.84. The first-order chi connectivity index (χ1) is 16.2. The fourth-order valence-corrected chi connectivity index (χ4v) is 4.14. The lowest BCUT2D eigenvalue weighted by Crippen LogP contribution is -2.61. The Morgan fingerprint density at radius 1 is 1.06 bits per heavy atom. The van der Waals surface area contributed by atoms with Crippen LogP contribution in [0.3, 0.4) is 0 Å². The van der Waals surface area contributed by atoms with E-state index in [0.717, 1.165) is 22.3 Å². The van der Waals surface area contributed by atoms with Crippen molar-refractivity contribution in [2.45, 2.75) is 24.4 Å². The molecule has 0 aliphatic heterocycles. The molecule has 1 aliphatic rings. The van der Waals surface area contributed by atoms with Crippen LogP contribution in [0.5, 0.6) is 0 Å². The molecule has 182 valence electrons. The molecule has 0 radical (unpaired) electrons. The topological polar surface area (TPSA) is 117 Å². The molecule has 0 bridgehead atoms. The van der Waals surface area contributed by atoms with Gasteiger partial charge in [0.15, 0.2) is 5.54 Å². The molecule has 2 atom stereocenters. The van der Waals surface area contributed by atoms with Gasteiger partial charge < -0.3 is 30.1 Å². The number of fused-ring (bicyclic) bond motifs is 3. The molecule has 3 rings (SSSR count). The van der Waals surface area contributed by atoms with Crippen LogP contribution < -0.4 is 10.6 Å². The van der Waals surface area contributed by atoms with Crippen LogP contribution in [0.15, 0.2) is 48.5 Å². The molecule has 0 fully saturated rings. The lowest BCUT2D eigenvalue weighted by Gasteiger charge is -2.29. The molecular weight excluding hydrogens is 438 g/mol. The first kappa shape index (κ1) is 25.2. The van der Waals surface area contributed by atoms with E-state index < -0.39 is 29.6 Å². The van der Waals surface area contributed by atoms with Gasteiger partial charge in [0, 0.05) is 19.6 Å². The molecular formula is C25H31N3O6. The van der Waals surface area contributed by atoms with E-state index in [0.29, 0.717) is 0 Å². The number of ether oxygens (including phenoxy) is 2. The third kappa shape index (κ3) is 5.55. The maximum atomic E-state index is 12.9. The van der Waals surface area contributed by atoms with Crippen molar-refractivity contribution in [2.24, 2.45) is 0 Å². The molecule has 9 heteroatoms. The lowest BCUT2D eigenvalue weighted by atomic mass is 9.98. The number of hydrogen-bond donors (Lipinski definition) is 3. The zero-order chi connectivity index (χ0) is 24.9. The highest BCUT2D eigenvalue weighted by atomic mass is 16.5. The van der Waals surface area contributed by atoms with E-state index in [4.69, 9.17) is 9.47 Å². The van der Waals surface area contributed by atoms with Gasteiger partial charge in [0.05, 0.1) is 6.61 Å². The first-order valence-electron chi connectivity index (χ1n) is 11.0. The van der Waals surface area contributed by atoms with E-state index in [1.807, 2.05) is 48.5 Å². The summed E-state index contributed by atoms with van der Waals surface area (Å²) in [5, 5.41) is 14.5. The Hall–Kier alpha value is -3.43. The van der Waals surface area contributed by atoms with Gasteiger partial charge in [0.2, 0.25) is 5.91 Å². The van der Waals surface area contributed by atoms with Crippen LogP contribution in [-0.2, 0) is 19.1 Å². The molecule has 2 aromatic rings. The predicted octanol–water partition coefficient (Wildman–Crippen LogP) is 2.06. The van der Waals surface area contributed by atoms with Crippen LogP contribution in [0.25, 0.3) is 11.1 Å². The molecule has 0 saturated carbocycles. The molecule has 1 unspecified atom stereocenters. The van der Waals surface area contributed by atoms with Crippen molar-refractivity contribution in [3.8, 4) is 11.1 Å². The monoisotopic (exact) mass is 469 g/mol. The quantitative estimate of drug-likeness (QED) is 0.488. The van der Waals surface area contributed by atoms with Crippen molar-refractivity contribution in [2.75, 3.05) is 41.0 Å². The van der Waals surface area contributed by atoms with Crippen LogP contribution in [0.2, 0.25) is 0 Å². The predicted molar refractivity (Wildman–Crippen MR) is 127 cm³/mol. The van der Waals surface area contributed by atoms with Crippen molar-refractivity contribution in [3.05, 3.63) is 59.7 Å². The molecule has 0 spiro atoms. The number of aliphatic carboxylic acids is 1. The number of carbonyl (C=O) groups is 3. The molecule has 3 N–H and O–H groups in total. The Balaban J connectivity index is 1.69. The summed E-state index contributed by atoms with van der Waals surface area (Å²) >= 11 is 0. The maximum absolute atomic E-state index is 12.9. The zero-order valence-corrected chi connectivity index (χ0v) is 19.8. The summed E-state index contributed by atoms with van der Waals surface area (Å²) in [5.41, 5.74) is 2.75. The van der Waals surface area contributed by atoms with Crippen LogP contribution >= 0.6 is 0 Å². The number of carboxylic acid groups (broad SMARTS) is 1. The number of carboxylic acids is 1. The van der Waals surface area contributed by atoms with Crippen molar-refractivity contribution in [1.29, 1.82) is 0 Å². The summed E-state index contributed by atoms with van der Waals surface area (Å²) in [5.74, 6) is -2.01. The van der Waals surface area contributed by atoms with E-state index >= 15 is 0 Å². The first-order valence-corrected chi connectivity index (χ1v) is 11.0. The Morgan fingerprint density at radius 3 is 2.12 bits per heavy atom. The van der Waals surface area contributed by atoms with Crippen molar-refractivity contribution in [1.82, 2.24) is 15.5 Å². The molecule has 2 aromatic carbocycles. The van der Waals surface area contributed by atoms with Gasteiger partial charge in [0.25, 0.3) is 0 Å². The van der Waals surface area contributed by atoms with E-state index in [9.17, 15) is 19.5 Å². The summed E-state index contributed by atoms with van der Waals surface area (Å²) in [6.45, 7) is 1.37. The van der Waals surface area contributed by atoms with Gasteiger partial charge in [-0.25, -0.2) is 9.59 Å². The summed E-state index contributed by atoms with van der Waals surface area (Å²) in [6, 6.07) is 15.0. The summed E-state index contributed by atoms with van der Waals surface area (Å²) < 4.78 is 10.5. The van der Waals surface area contributed by atoms with E-state index in [1.54, 1.807) is 19.0 Å². The Kier molecular flexibility index (Phi) is 7.90. The minimum absolute atomic E-state index is 0.104. The van der Waals surface area contributed by atoms with Gasteiger partial charge in [-0.3, -0.25) is 4.79 Å². The van der Waals surface area contributed by atoms with Gasteiger partial charge in [-0.1, -0.05) is 48.5 Å². The van der Waals surface area contributed by atoms with E-state index in [-0.39, 0.29) is 25.7 Å². The third-order valence-corrected chi connectivity index (χ3v) is 5.80. The van der Waals surface area contributed by atoms with Gasteiger partial charge in [-0.15, -0.1) is 0 Å². The van der Waals surface area contributed by atoms with E-state index in [2.05, 4.69) is 10.6 Å². The highest BCUT2D eigenvalue weighted by molar-refractivity contribution is 5.91. The van der Waals surface area contributed by atoms with Crippen LogP contribution in [0.4, 0.5) is 4.79 Å². The minimum Gasteiger partial charge on any atom is -0.479 e. The molecule has 9 nitrogen and oxygen atoms in total. The van der Waals surface area contributed by atoms with Crippen molar-refractivity contribution < 1.29 is 29.0 Å². The van der Waals surface area contributed by atoms with Crippen molar-refractivity contribution in [3.63, 3.8) is 0 Å². The average Bonchev–Trinajstić information content (AvgIpc) is 3.10. The number of nitrogens with one attached hydrogen (secondary N) is 2. The maximum Gasteiger partial charge on any atom is 0.407 e. The normalized spacial score (nSPS) is 15.1. The molecule has 0 saturated heterocycles. The number of hydrogen-bond acceptors (Lipinski definition) is 6. The highest BCUT2D eigenvalue weighted by Gasteiger charge is 2.37. The number of carbonyl (C=O) groups excluding carboxylic acids is 2. The number of rotatable bonds is 10. The van der Waals surface area contributed by atoms with Crippen LogP contribution in [0.1, 0.15) is 24.0 Å². The fourth-order valence-electron chi connectivity index (χ4n) is 4.14. The number of methoxy groups -OCH3 is 1. The summed E-state index contributed by atoms with van der Waals surface area (Å²) in [6.07, 6.45) is -0.757. The number of alkyl carbamates (subject to hydrolysis) is 1. The molecule has 1 aliphatic carbocycles. The molecule has 0 aromatic heterocycles. The third-order valence-electron chi connectivity index (χ3n) is 5.80.